The Morgan fingerprint density at radius 1 is 1.50 bits per heavy atom. The summed E-state index contributed by atoms with van der Waals surface area (Å²) in [6.45, 7) is 2.60. The number of ether oxygens (including phenoxy) is 1. The van der Waals surface area contributed by atoms with Crippen LogP contribution in [0, 0.1) is 9.85 Å². The Labute approximate surface area is 96.9 Å². The largest absolute Gasteiger partial charge is 0.466 e. The summed E-state index contributed by atoms with van der Waals surface area (Å²) in [4.78, 5) is 21.7. The second kappa shape index (κ2) is 8.81. The molecule has 0 aliphatic rings. The van der Waals surface area contributed by atoms with Gasteiger partial charge in [-0.3, -0.25) is 9.59 Å². The van der Waals surface area contributed by atoms with Crippen LogP contribution >= 0.6 is 22.6 Å². The van der Waals surface area contributed by atoms with Gasteiger partial charge in [0.05, 0.1) is 6.61 Å². The van der Waals surface area contributed by atoms with Gasteiger partial charge in [-0.15, -0.1) is 0 Å². The van der Waals surface area contributed by atoms with E-state index in [0.29, 0.717) is 26.0 Å². The molecule has 4 nitrogen and oxygen atoms in total. The number of halogens is 1. The van der Waals surface area contributed by atoms with Crippen molar-refractivity contribution in [2.75, 3.05) is 13.2 Å². The first-order chi connectivity index (χ1) is 6.70. The van der Waals surface area contributed by atoms with Gasteiger partial charge in [-0.05, 0) is 17.3 Å². The van der Waals surface area contributed by atoms with Gasteiger partial charge in [0.2, 0.25) is 0 Å². The third-order valence-corrected chi connectivity index (χ3v) is 1.58. The summed E-state index contributed by atoms with van der Waals surface area (Å²) in [5.74, 6) is 1.78. The molecule has 1 amide bonds. The first kappa shape index (κ1) is 13.2. The van der Waals surface area contributed by atoms with Gasteiger partial charge in [-0.1, -0.05) is 0 Å². The molecule has 14 heavy (non-hydrogen) atoms. The van der Waals surface area contributed by atoms with Crippen LogP contribution in [0.3, 0.4) is 0 Å². The predicted octanol–water partition coefficient (Wildman–Crippen LogP) is 0.842. The SMILES string of the molecule is CCOC(=O)CCCNC(=O)C#CI. The maximum atomic E-state index is 10.8. The van der Waals surface area contributed by atoms with Crippen molar-refractivity contribution in [2.24, 2.45) is 0 Å². The lowest BCUT2D eigenvalue weighted by Gasteiger charge is -2.01. The normalized spacial score (nSPS) is 8.43. The Bertz CT molecular complexity index is 255. The van der Waals surface area contributed by atoms with Gasteiger partial charge >= 0.3 is 5.97 Å². The maximum Gasteiger partial charge on any atom is 0.305 e. The standard InChI is InChI=1S/C9H12INO3/c1-2-14-9(13)4-3-7-11-8(12)5-6-10/h2-4,7H2,1H3,(H,11,12). The van der Waals surface area contributed by atoms with Crippen molar-refractivity contribution in [3.8, 4) is 9.85 Å². The second-order valence-corrected chi connectivity index (χ2v) is 2.92. The molecule has 5 heteroatoms. The molecule has 0 aromatic heterocycles. The molecule has 0 unspecified atom stereocenters. The van der Waals surface area contributed by atoms with E-state index in [0.717, 1.165) is 0 Å². The van der Waals surface area contributed by atoms with E-state index >= 15 is 0 Å². The fourth-order valence-corrected chi connectivity index (χ4v) is 1.000. The Morgan fingerprint density at radius 2 is 2.21 bits per heavy atom. The quantitative estimate of drug-likeness (QED) is 0.354. The maximum absolute atomic E-state index is 10.8. The number of nitrogens with one attached hydrogen (secondary N) is 1. The summed E-state index contributed by atoms with van der Waals surface area (Å²) in [6.07, 6.45) is 0.902. The summed E-state index contributed by atoms with van der Waals surface area (Å²) in [7, 11) is 0. The number of esters is 1. The van der Waals surface area contributed by atoms with Crippen LogP contribution in [-0.2, 0) is 14.3 Å². The van der Waals surface area contributed by atoms with Crippen LogP contribution in [0.4, 0.5) is 0 Å². The Balaban J connectivity index is 3.40. The van der Waals surface area contributed by atoms with Crippen LogP contribution in [0.5, 0.6) is 0 Å². The van der Waals surface area contributed by atoms with Gasteiger partial charge in [0.1, 0.15) is 0 Å². The third-order valence-electron chi connectivity index (χ3n) is 1.31. The molecule has 0 heterocycles. The monoisotopic (exact) mass is 309 g/mol. The molecule has 0 spiro atoms. The van der Waals surface area contributed by atoms with Crippen molar-refractivity contribution in [1.82, 2.24) is 5.32 Å². The number of carbonyl (C=O) groups is 2. The highest BCUT2D eigenvalue weighted by molar-refractivity contribution is 14.1. The predicted molar refractivity (Wildman–Crippen MR) is 60.7 cm³/mol. The molecule has 0 atom stereocenters. The number of amides is 1. The molecule has 0 fully saturated rings. The highest BCUT2D eigenvalue weighted by Crippen LogP contribution is 1.90. The Morgan fingerprint density at radius 3 is 2.79 bits per heavy atom. The Kier molecular flexibility index (Phi) is 8.33. The van der Waals surface area contributed by atoms with E-state index in [9.17, 15) is 9.59 Å². The number of hydrogen-bond acceptors (Lipinski definition) is 3. The van der Waals surface area contributed by atoms with Gasteiger partial charge in [-0.2, -0.15) is 0 Å². The van der Waals surface area contributed by atoms with E-state index in [-0.39, 0.29) is 11.9 Å². The van der Waals surface area contributed by atoms with E-state index in [1.54, 1.807) is 29.5 Å². The number of carbonyl (C=O) groups excluding carboxylic acids is 2. The summed E-state index contributed by atoms with van der Waals surface area (Å²) in [6, 6.07) is 0. The molecule has 0 aliphatic carbocycles. The first-order valence-electron chi connectivity index (χ1n) is 4.25. The van der Waals surface area contributed by atoms with Crippen molar-refractivity contribution in [2.45, 2.75) is 19.8 Å². The van der Waals surface area contributed by atoms with Crippen LogP contribution in [0.1, 0.15) is 19.8 Å². The Hall–Kier alpha value is -0.770. The fraction of sp³-hybridized carbons (Fsp3) is 0.556. The van der Waals surface area contributed by atoms with Crippen LogP contribution < -0.4 is 5.32 Å². The van der Waals surface area contributed by atoms with Gasteiger partial charge in [0, 0.05) is 41.5 Å². The van der Waals surface area contributed by atoms with Gasteiger partial charge in [0.15, 0.2) is 0 Å². The molecular formula is C9H12INO3. The van der Waals surface area contributed by atoms with Crippen LogP contribution in [-0.4, -0.2) is 25.0 Å². The summed E-state index contributed by atoms with van der Waals surface area (Å²) >= 11 is 1.79. The van der Waals surface area contributed by atoms with E-state index < -0.39 is 0 Å². The summed E-state index contributed by atoms with van der Waals surface area (Å²) in [5, 5.41) is 2.56. The molecule has 0 bridgehead atoms. The van der Waals surface area contributed by atoms with Crippen molar-refractivity contribution in [3.63, 3.8) is 0 Å². The lowest BCUT2D eigenvalue weighted by atomic mass is 10.3. The molecule has 0 rings (SSSR count). The van der Waals surface area contributed by atoms with Gasteiger partial charge in [-0.25, -0.2) is 0 Å². The zero-order valence-electron chi connectivity index (χ0n) is 7.93. The van der Waals surface area contributed by atoms with E-state index in [1.807, 2.05) is 0 Å². The molecule has 78 valence electrons. The van der Waals surface area contributed by atoms with E-state index in [4.69, 9.17) is 4.74 Å². The molecule has 0 aliphatic heterocycles. The zero-order valence-corrected chi connectivity index (χ0v) is 10.1. The van der Waals surface area contributed by atoms with Crippen LogP contribution in [0.2, 0.25) is 0 Å². The summed E-state index contributed by atoms with van der Waals surface area (Å²) < 4.78 is 7.17. The minimum atomic E-state index is -0.316. The second-order valence-electron chi connectivity index (χ2n) is 2.38. The lowest BCUT2D eigenvalue weighted by molar-refractivity contribution is -0.143. The summed E-state index contributed by atoms with van der Waals surface area (Å²) in [5.41, 5.74) is 0. The van der Waals surface area contributed by atoms with Crippen molar-refractivity contribution in [1.29, 1.82) is 0 Å². The minimum Gasteiger partial charge on any atom is -0.466 e. The zero-order chi connectivity index (χ0) is 10.8. The van der Waals surface area contributed by atoms with E-state index in [1.165, 1.54) is 0 Å². The molecule has 0 saturated carbocycles. The van der Waals surface area contributed by atoms with Gasteiger partial charge < -0.3 is 10.1 Å². The molecule has 0 aromatic rings. The average molecular weight is 309 g/mol. The van der Waals surface area contributed by atoms with Crippen LogP contribution in [0.25, 0.3) is 0 Å². The molecule has 0 radical (unpaired) electrons. The highest BCUT2D eigenvalue weighted by Gasteiger charge is 2.01. The smallest absolute Gasteiger partial charge is 0.305 e. The minimum absolute atomic E-state index is 0.235. The lowest BCUT2D eigenvalue weighted by Crippen LogP contribution is -2.23. The van der Waals surface area contributed by atoms with E-state index in [2.05, 4.69) is 15.2 Å². The van der Waals surface area contributed by atoms with Crippen molar-refractivity contribution < 1.29 is 14.3 Å². The number of hydrogen-bond donors (Lipinski definition) is 1. The molecule has 0 saturated heterocycles. The third kappa shape index (κ3) is 7.86. The molecular weight excluding hydrogens is 297 g/mol. The number of rotatable bonds is 5. The van der Waals surface area contributed by atoms with Crippen molar-refractivity contribution >= 4 is 34.5 Å². The fourth-order valence-electron chi connectivity index (χ4n) is 0.755. The average Bonchev–Trinajstić information content (AvgIpc) is 2.13. The van der Waals surface area contributed by atoms with Crippen LogP contribution in [0.15, 0.2) is 0 Å². The molecule has 0 aromatic carbocycles. The van der Waals surface area contributed by atoms with Gasteiger partial charge in [0.25, 0.3) is 5.91 Å². The van der Waals surface area contributed by atoms with Crippen molar-refractivity contribution in [3.05, 3.63) is 0 Å². The topological polar surface area (TPSA) is 55.4 Å². The highest BCUT2D eigenvalue weighted by atomic mass is 127. The first-order valence-corrected chi connectivity index (χ1v) is 5.33. The molecule has 1 N–H and O–H groups in total.